The number of carbonyl (C=O) groups excluding carboxylic acids is 1. The lowest BCUT2D eigenvalue weighted by atomic mass is 9.92. The number of hydrogen-bond donors (Lipinski definition) is 2. The molecule has 0 bridgehead atoms. The van der Waals surface area contributed by atoms with Gasteiger partial charge in [0.25, 0.3) is 5.91 Å². The van der Waals surface area contributed by atoms with Gasteiger partial charge in [-0.05, 0) is 12.1 Å². The maximum atomic E-state index is 13.8. The molecule has 0 saturated carbocycles. The van der Waals surface area contributed by atoms with E-state index in [0.717, 1.165) is 7.05 Å². The summed E-state index contributed by atoms with van der Waals surface area (Å²) in [5.41, 5.74) is -3.16. The van der Waals surface area contributed by atoms with Gasteiger partial charge in [0.1, 0.15) is 0 Å². The summed E-state index contributed by atoms with van der Waals surface area (Å²) in [6, 6.07) is 0.976. The number of nitrogen functional groups attached to an aromatic ring is 1. The number of carbonyl (C=O) groups is 1. The number of nitrogens with one attached hydrogen (secondary N) is 1. The molecule has 10 heteroatoms. The molecule has 1 aromatic rings. The van der Waals surface area contributed by atoms with E-state index in [0.29, 0.717) is 6.07 Å². The fraction of sp³-hybridized carbons (Fsp3) is 0.364. The number of rotatable bonds is 2. The first-order chi connectivity index (χ1) is 9.36. The molecule has 21 heavy (non-hydrogen) atoms. The predicted octanol–water partition coefficient (Wildman–Crippen LogP) is 2.92. The second-order valence-corrected chi connectivity index (χ2v) is 4.04. The second kappa shape index (κ2) is 5.08. The molecular formula is C11H9F7N2O. The first-order valence-electron chi connectivity index (χ1n) is 5.30. The van der Waals surface area contributed by atoms with Crippen LogP contribution in [0.3, 0.4) is 0 Å². The molecule has 3 N–H and O–H groups in total. The third-order valence-corrected chi connectivity index (χ3v) is 2.70. The first kappa shape index (κ1) is 17.1. The van der Waals surface area contributed by atoms with Gasteiger partial charge in [0.05, 0.1) is 5.56 Å². The Morgan fingerprint density at radius 3 is 1.90 bits per heavy atom. The maximum Gasteiger partial charge on any atom is 0.435 e. The third-order valence-electron chi connectivity index (χ3n) is 2.70. The SMILES string of the molecule is CNC(=O)c1cc(C(F)(C(F)(F)F)C(F)(F)F)ccc1N. The van der Waals surface area contributed by atoms with Gasteiger partial charge >= 0.3 is 18.0 Å². The lowest BCUT2D eigenvalue weighted by Gasteiger charge is -2.30. The van der Waals surface area contributed by atoms with Crippen LogP contribution in [0, 0.1) is 0 Å². The molecule has 1 rings (SSSR count). The van der Waals surface area contributed by atoms with Gasteiger partial charge in [0.15, 0.2) is 0 Å². The molecular weight excluding hydrogens is 309 g/mol. The highest BCUT2D eigenvalue weighted by molar-refractivity contribution is 5.99. The molecule has 118 valence electrons. The van der Waals surface area contributed by atoms with Crippen molar-refractivity contribution in [1.29, 1.82) is 0 Å². The van der Waals surface area contributed by atoms with E-state index in [1.807, 2.05) is 5.32 Å². The molecule has 0 aliphatic heterocycles. The number of amides is 1. The van der Waals surface area contributed by atoms with Gasteiger partial charge in [-0.2, -0.15) is 26.3 Å². The van der Waals surface area contributed by atoms with Crippen LogP contribution >= 0.6 is 0 Å². The summed E-state index contributed by atoms with van der Waals surface area (Å²) >= 11 is 0. The van der Waals surface area contributed by atoms with Gasteiger partial charge in [0, 0.05) is 18.3 Å². The van der Waals surface area contributed by atoms with E-state index >= 15 is 0 Å². The second-order valence-electron chi connectivity index (χ2n) is 4.04. The summed E-state index contributed by atoms with van der Waals surface area (Å²) in [7, 11) is 1.09. The summed E-state index contributed by atoms with van der Waals surface area (Å²) in [5.74, 6) is -1.04. The minimum Gasteiger partial charge on any atom is -0.398 e. The fourth-order valence-electron chi connectivity index (χ4n) is 1.59. The van der Waals surface area contributed by atoms with Gasteiger partial charge in [-0.25, -0.2) is 4.39 Å². The Balaban J connectivity index is 3.59. The van der Waals surface area contributed by atoms with Crippen LogP contribution in [-0.2, 0) is 5.67 Å². The van der Waals surface area contributed by atoms with Crippen molar-refractivity contribution in [2.24, 2.45) is 0 Å². The molecule has 0 spiro atoms. The lowest BCUT2D eigenvalue weighted by molar-refractivity contribution is -0.348. The van der Waals surface area contributed by atoms with Crippen molar-refractivity contribution in [3.05, 3.63) is 29.3 Å². The van der Waals surface area contributed by atoms with Crippen molar-refractivity contribution in [1.82, 2.24) is 5.32 Å². The Bertz CT molecular complexity index is 536. The zero-order chi connectivity index (χ0) is 16.6. The van der Waals surface area contributed by atoms with Gasteiger partial charge in [-0.3, -0.25) is 4.79 Å². The third kappa shape index (κ3) is 2.74. The summed E-state index contributed by atoms with van der Waals surface area (Å²) in [5, 5.41) is 1.97. The largest absolute Gasteiger partial charge is 0.435 e. The number of alkyl halides is 7. The Morgan fingerprint density at radius 2 is 1.52 bits per heavy atom. The van der Waals surface area contributed by atoms with E-state index in [4.69, 9.17) is 5.73 Å². The topological polar surface area (TPSA) is 55.1 Å². The predicted molar refractivity (Wildman–Crippen MR) is 59.1 cm³/mol. The van der Waals surface area contributed by atoms with Crippen LogP contribution in [-0.4, -0.2) is 25.3 Å². The Labute approximate surface area is 113 Å². The Kier molecular flexibility index (Phi) is 4.13. The number of nitrogens with two attached hydrogens (primary N) is 1. The summed E-state index contributed by atoms with van der Waals surface area (Å²) < 4.78 is 89.2. The van der Waals surface area contributed by atoms with E-state index in [1.165, 1.54) is 0 Å². The van der Waals surface area contributed by atoms with Crippen molar-refractivity contribution >= 4 is 11.6 Å². The van der Waals surface area contributed by atoms with Crippen LogP contribution in [0.4, 0.5) is 36.4 Å². The number of hydrogen-bond acceptors (Lipinski definition) is 2. The average Bonchev–Trinajstić information content (AvgIpc) is 2.34. The van der Waals surface area contributed by atoms with E-state index in [1.54, 1.807) is 0 Å². The van der Waals surface area contributed by atoms with Crippen molar-refractivity contribution in [2.45, 2.75) is 18.0 Å². The fourth-order valence-corrected chi connectivity index (χ4v) is 1.59. The molecule has 1 aromatic carbocycles. The van der Waals surface area contributed by atoms with Crippen LogP contribution in [0.25, 0.3) is 0 Å². The number of benzene rings is 1. The first-order valence-corrected chi connectivity index (χ1v) is 5.30. The molecule has 0 heterocycles. The lowest BCUT2D eigenvalue weighted by Crippen LogP contribution is -2.50. The number of anilines is 1. The van der Waals surface area contributed by atoms with Crippen LogP contribution in [0.15, 0.2) is 18.2 Å². The minimum absolute atomic E-state index is 0.134. The summed E-state index contributed by atoms with van der Waals surface area (Å²) in [6.07, 6.45) is -12.5. The molecule has 0 aromatic heterocycles. The molecule has 0 atom stereocenters. The molecule has 3 nitrogen and oxygen atoms in total. The van der Waals surface area contributed by atoms with E-state index in [2.05, 4.69) is 0 Å². The highest BCUT2D eigenvalue weighted by Crippen LogP contribution is 2.53. The van der Waals surface area contributed by atoms with Gasteiger partial charge in [0.2, 0.25) is 0 Å². The van der Waals surface area contributed by atoms with Crippen LogP contribution < -0.4 is 11.1 Å². The molecule has 0 unspecified atom stereocenters. The average molecular weight is 318 g/mol. The quantitative estimate of drug-likeness (QED) is 0.651. The van der Waals surface area contributed by atoms with Gasteiger partial charge < -0.3 is 11.1 Å². The van der Waals surface area contributed by atoms with E-state index < -0.39 is 35.1 Å². The maximum absolute atomic E-state index is 13.8. The normalized spacial score (nSPS) is 13.1. The molecule has 0 aliphatic rings. The zero-order valence-corrected chi connectivity index (χ0v) is 10.4. The van der Waals surface area contributed by atoms with Crippen molar-refractivity contribution in [3.8, 4) is 0 Å². The number of halogens is 7. The van der Waals surface area contributed by atoms with Crippen LogP contribution in [0.2, 0.25) is 0 Å². The Hall–Kier alpha value is -2.00. The zero-order valence-electron chi connectivity index (χ0n) is 10.4. The summed E-state index contributed by atoms with van der Waals surface area (Å²) in [6.45, 7) is 0. The van der Waals surface area contributed by atoms with Crippen molar-refractivity contribution < 1.29 is 35.5 Å². The van der Waals surface area contributed by atoms with Crippen LogP contribution in [0.5, 0.6) is 0 Å². The van der Waals surface area contributed by atoms with Gasteiger partial charge in [-0.15, -0.1) is 0 Å². The highest BCUT2D eigenvalue weighted by atomic mass is 19.4. The Morgan fingerprint density at radius 1 is 1.05 bits per heavy atom. The molecule has 0 fully saturated rings. The van der Waals surface area contributed by atoms with E-state index in [9.17, 15) is 35.5 Å². The van der Waals surface area contributed by atoms with E-state index in [-0.39, 0.29) is 17.8 Å². The summed E-state index contributed by atoms with van der Waals surface area (Å²) in [4.78, 5) is 11.3. The van der Waals surface area contributed by atoms with Crippen molar-refractivity contribution in [3.63, 3.8) is 0 Å². The standard InChI is InChI=1S/C11H9F7N2O/c1-20-8(21)6-4-5(2-3-7(6)19)9(12,10(13,14)15)11(16,17)18/h2-4H,19H2,1H3,(H,20,21). The smallest absolute Gasteiger partial charge is 0.398 e. The molecule has 0 radical (unpaired) electrons. The molecule has 0 aliphatic carbocycles. The molecule has 1 amide bonds. The highest BCUT2D eigenvalue weighted by Gasteiger charge is 2.73. The van der Waals surface area contributed by atoms with Crippen LogP contribution in [0.1, 0.15) is 15.9 Å². The van der Waals surface area contributed by atoms with Gasteiger partial charge in [-0.1, -0.05) is 6.07 Å². The molecule has 0 saturated heterocycles. The van der Waals surface area contributed by atoms with Crippen molar-refractivity contribution in [2.75, 3.05) is 12.8 Å². The monoisotopic (exact) mass is 318 g/mol. The minimum atomic E-state index is -6.25.